The Bertz CT molecular complexity index is 649. The van der Waals surface area contributed by atoms with Gasteiger partial charge in [0.1, 0.15) is 0 Å². The van der Waals surface area contributed by atoms with Crippen LogP contribution in [-0.4, -0.2) is 19.6 Å². The lowest BCUT2D eigenvalue weighted by molar-refractivity contribution is -0.114. The largest absolute Gasteiger partial charge is 0.494 e. The molecule has 0 unspecified atom stereocenters. The molecule has 0 saturated heterocycles. The average molecular weight is 309 g/mol. The van der Waals surface area contributed by atoms with Gasteiger partial charge < -0.3 is 15.4 Å². The summed E-state index contributed by atoms with van der Waals surface area (Å²) in [5.41, 5.74) is 1.10. The maximum atomic E-state index is 13.5. The summed E-state index contributed by atoms with van der Waals surface area (Å²) in [7, 11) is 1.39. The third-order valence-corrected chi connectivity index (χ3v) is 2.95. The predicted molar refractivity (Wildman–Crippen MR) is 81.5 cm³/mol. The second kappa shape index (κ2) is 6.95. The van der Waals surface area contributed by atoms with Crippen LogP contribution in [0.2, 0.25) is 5.02 Å². The highest BCUT2D eigenvalue weighted by atomic mass is 35.5. The van der Waals surface area contributed by atoms with E-state index in [0.717, 1.165) is 0 Å². The Morgan fingerprint density at radius 2 is 2.05 bits per heavy atom. The molecule has 0 radical (unpaired) electrons. The quantitative estimate of drug-likeness (QED) is 0.888. The monoisotopic (exact) mass is 308 g/mol. The molecule has 0 heterocycles. The number of carbonyl (C=O) groups is 1. The third-order valence-electron chi connectivity index (χ3n) is 2.71. The van der Waals surface area contributed by atoms with Gasteiger partial charge in [0.05, 0.1) is 13.7 Å². The third kappa shape index (κ3) is 4.36. The fraction of sp³-hybridized carbons (Fsp3) is 0.133. The van der Waals surface area contributed by atoms with Crippen LogP contribution in [0.3, 0.4) is 0 Å². The SMILES string of the molecule is COc1ccc(NCC(=O)Nc2cccc(Cl)c2)cc1F. The zero-order valence-electron chi connectivity index (χ0n) is 11.3. The highest BCUT2D eigenvalue weighted by molar-refractivity contribution is 6.30. The number of hydrogen-bond donors (Lipinski definition) is 2. The Morgan fingerprint density at radius 3 is 2.71 bits per heavy atom. The standard InChI is InChI=1S/C15H14ClFN2O2/c1-21-14-6-5-11(8-13(14)17)18-9-15(20)19-12-4-2-3-10(16)7-12/h2-8,18H,9H2,1H3,(H,19,20). The molecule has 0 aromatic heterocycles. The number of methoxy groups -OCH3 is 1. The Hall–Kier alpha value is -2.27. The Kier molecular flexibility index (Phi) is 5.00. The molecule has 0 fully saturated rings. The van der Waals surface area contributed by atoms with Crippen LogP contribution in [-0.2, 0) is 4.79 Å². The Balaban J connectivity index is 1.90. The van der Waals surface area contributed by atoms with E-state index in [1.165, 1.54) is 19.2 Å². The molecule has 2 rings (SSSR count). The number of rotatable bonds is 5. The van der Waals surface area contributed by atoms with Crippen LogP contribution in [0.5, 0.6) is 5.75 Å². The molecule has 1 amide bonds. The second-order valence-corrected chi connectivity index (χ2v) is 4.70. The van der Waals surface area contributed by atoms with Gasteiger partial charge in [-0.1, -0.05) is 17.7 Å². The van der Waals surface area contributed by atoms with Crippen molar-refractivity contribution in [2.45, 2.75) is 0 Å². The first-order valence-corrected chi connectivity index (χ1v) is 6.59. The van der Waals surface area contributed by atoms with Gasteiger partial charge in [0.25, 0.3) is 0 Å². The molecule has 21 heavy (non-hydrogen) atoms. The van der Waals surface area contributed by atoms with Gasteiger partial charge in [-0.15, -0.1) is 0 Å². The molecule has 0 saturated carbocycles. The number of benzene rings is 2. The summed E-state index contributed by atoms with van der Waals surface area (Å²) in [6, 6.07) is 11.2. The molecular weight excluding hydrogens is 295 g/mol. The molecule has 0 spiro atoms. The molecule has 4 nitrogen and oxygen atoms in total. The lowest BCUT2D eigenvalue weighted by Crippen LogP contribution is -2.21. The van der Waals surface area contributed by atoms with Crippen LogP contribution in [0.25, 0.3) is 0 Å². The van der Waals surface area contributed by atoms with Gasteiger partial charge in [0.15, 0.2) is 11.6 Å². The molecule has 0 aliphatic heterocycles. The number of halogens is 2. The first kappa shape index (κ1) is 15.1. The Labute approximate surface area is 126 Å². The van der Waals surface area contributed by atoms with E-state index in [9.17, 15) is 9.18 Å². The summed E-state index contributed by atoms with van der Waals surface area (Å²) in [4.78, 5) is 11.8. The number of amides is 1. The van der Waals surface area contributed by atoms with Gasteiger partial charge >= 0.3 is 0 Å². The fourth-order valence-corrected chi connectivity index (χ4v) is 1.92. The number of ether oxygens (including phenoxy) is 1. The van der Waals surface area contributed by atoms with E-state index in [2.05, 4.69) is 10.6 Å². The van der Waals surface area contributed by atoms with Crippen LogP contribution >= 0.6 is 11.6 Å². The highest BCUT2D eigenvalue weighted by Crippen LogP contribution is 2.20. The van der Waals surface area contributed by atoms with Crippen molar-refractivity contribution in [3.05, 3.63) is 53.3 Å². The zero-order chi connectivity index (χ0) is 15.2. The number of carbonyl (C=O) groups excluding carboxylic acids is 1. The van der Waals surface area contributed by atoms with Gasteiger partial charge in [-0.05, 0) is 30.3 Å². The molecule has 110 valence electrons. The van der Waals surface area contributed by atoms with E-state index in [0.29, 0.717) is 16.4 Å². The molecule has 0 aliphatic carbocycles. The number of hydrogen-bond acceptors (Lipinski definition) is 3. The lowest BCUT2D eigenvalue weighted by Gasteiger charge is -2.09. The van der Waals surface area contributed by atoms with Crippen molar-refractivity contribution in [2.24, 2.45) is 0 Å². The molecule has 0 aliphatic rings. The van der Waals surface area contributed by atoms with Gasteiger partial charge in [-0.25, -0.2) is 4.39 Å². The summed E-state index contributed by atoms with van der Waals surface area (Å²) < 4.78 is 18.3. The molecule has 2 aromatic rings. The summed E-state index contributed by atoms with van der Waals surface area (Å²) in [5.74, 6) is -0.588. The first-order chi connectivity index (χ1) is 10.1. The van der Waals surface area contributed by atoms with Crippen molar-refractivity contribution in [3.63, 3.8) is 0 Å². The van der Waals surface area contributed by atoms with E-state index >= 15 is 0 Å². The minimum absolute atomic E-state index is 0.0122. The highest BCUT2D eigenvalue weighted by Gasteiger charge is 2.06. The fourth-order valence-electron chi connectivity index (χ4n) is 1.73. The second-order valence-electron chi connectivity index (χ2n) is 4.26. The van der Waals surface area contributed by atoms with Crippen molar-refractivity contribution < 1.29 is 13.9 Å². The van der Waals surface area contributed by atoms with Crippen LogP contribution in [0, 0.1) is 5.82 Å². The minimum Gasteiger partial charge on any atom is -0.494 e. The van der Waals surface area contributed by atoms with Gasteiger partial charge in [-0.3, -0.25) is 4.79 Å². The van der Waals surface area contributed by atoms with E-state index in [1.807, 2.05) is 0 Å². The molecule has 2 aromatic carbocycles. The van der Waals surface area contributed by atoms with Crippen molar-refractivity contribution in [2.75, 3.05) is 24.3 Å². The maximum Gasteiger partial charge on any atom is 0.243 e. The Morgan fingerprint density at radius 1 is 1.24 bits per heavy atom. The van der Waals surface area contributed by atoms with E-state index < -0.39 is 5.82 Å². The average Bonchev–Trinajstić information content (AvgIpc) is 2.45. The van der Waals surface area contributed by atoms with Gasteiger partial charge in [0, 0.05) is 22.5 Å². The smallest absolute Gasteiger partial charge is 0.243 e. The van der Waals surface area contributed by atoms with Gasteiger partial charge in [0.2, 0.25) is 5.91 Å². The summed E-state index contributed by atoms with van der Waals surface area (Å²) in [6.07, 6.45) is 0. The normalized spacial score (nSPS) is 10.0. The first-order valence-electron chi connectivity index (χ1n) is 6.21. The van der Waals surface area contributed by atoms with Crippen LogP contribution in [0.1, 0.15) is 0 Å². The van der Waals surface area contributed by atoms with Crippen molar-refractivity contribution >= 4 is 28.9 Å². The van der Waals surface area contributed by atoms with E-state index in [4.69, 9.17) is 16.3 Å². The van der Waals surface area contributed by atoms with E-state index in [-0.39, 0.29) is 18.2 Å². The van der Waals surface area contributed by atoms with Crippen molar-refractivity contribution in [3.8, 4) is 5.75 Å². The van der Waals surface area contributed by atoms with Crippen LogP contribution in [0.4, 0.5) is 15.8 Å². The summed E-state index contributed by atoms with van der Waals surface area (Å²) in [6.45, 7) is 0.0122. The van der Waals surface area contributed by atoms with Crippen LogP contribution < -0.4 is 15.4 Å². The molecule has 0 bridgehead atoms. The minimum atomic E-state index is -0.488. The lowest BCUT2D eigenvalue weighted by atomic mass is 10.3. The predicted octanol–water partition coefficient (Wildman–Crippen LogP) is 3.54. The van der Waals surface area contributed by atoms with E-state index in [1.54, 1.807) is 30.3 Å². The molecule has 6 heteroatoms. The summed E-state index contributed by atoms with van der Waals surface area (Å²) >= 11 is 5.83. The number of anilines is 2. The van der Waals surface area contributed by atoms with Gasteiger partial charge in [-0.2, -0.15) is 0 Å². The molecule has 0 atom stereocenters. The van der Waals surface area contributed by atoms with Crippen molar-refractivity contribution in [1.29, 1.82) is 0 Å². The topological polar surface area (TPSA) is 50.4 Å². The zero-order valence-corrected chi connectivity index (χ0v) is 12.1. The summed E-state index contributed by atoms with van der Waals surface area (Å²) in [5, 5.41) is 6.06. The maximum absolute atomic E-state index is 13.5. The van der Waals surface area contributed by atoms with Crippen molar-refractivity contribution in [1.82, 2.24) is 0 Å². The number of nitrogens with one attached hydrogen (secondary N) is 2. The molecule has 2 N–H and O–H groups in total. The van der Waals surface area contributed by atoms with Crippen LogP contribution in [0.15, 0.2) is 42.5 Å². The molecular formula is C15H14ClFN2O2.